The zero-order chi connectivity index (χ0) is 26.4. The van der Waals surface area contributed by atoms with Gasteiger partial charge in [0.25, 0.3) is 11.8 Å². The summed E-state index contributed by atoms with van der Waals surface area (Å²) < 4.78 is 11.6. The number of nitrogens with zero attached hydrogens (tertiary/aromatic N) is 2. The summed E-state index contributed by atoms with van der Waals surface area (Å²) in [6, 6.07) is 14.6. The number of carbonyl (C=O) groups excluding carboxylic acids is 3. The van der Waals surface area contributed by atoms with E-state index in [0.29, 0.717) is 32.1 Å². The van der Waals surface area contributed by atoms with Crippen LogP contribution in [0.1, 0.15) is 22.0 Å². The van der Waals surface area contributed by atoms with Crippen molar-refractivity contribution >= 4 is 62.5 Å². The number of methoxy groups -OCH3 is 2. The number of ether oxygens (including phenoxy) is 2. The smallest absolute Gasteiger partial charge is 0.268 e. The molecule has 3 atom stereocenters. The van der Waals surface area contributed by atoms with Crippen molar-refractivity contribution in [3.05, 3.63) is 86.3 Å². The first-order chi connectivity index (χ1) is 17.7. The van der Waals surface area contributed by atoms with Crippen molar-refractivity contribution in [2.24, 2.45) is 5.92 Å². The Morgan fingerprint density at radius 2 is 1.76 bits per heavy atom. The fourth-order valence-corrected chi connectivity index (χ4v) is 5.66. The summed E-state index contributed by atoms with van der Waals surface area (Å²) >= 11 is 15.8. The number of fused-ring (bicyclic) bond motifs is 1. The summed E-state index contributed by atoms with van der Waals surface area (Å²) in [5.74, 6) is -1.49. The average Bonchev–Trinajstić information content (AvgIpc) is 3.40. The molecule has 0 bridgehead atoms. The van der Waals surface area contributed by atoms with E-state index in [9.17, 15) is 14.4 Å². The monoisotopic (exact) mass is 603 g/mol. The first kappa shape index (κ1) is 25.5. The largest absolute Gasteiger partial charge is 0.497 e. The number of hydrazine groups is 1. The number of rotatable bonds is 5. The van der Waals surface area contributed by atoms with E-state index in [1.54, 1.807) is 48.5 Å². The summed E-state index contributed by atoms with van der Waals surface area (Å²) in [6.45, 7) is 0. The lowest BCUT2D eigenvalue weighted by molar-refractivity contribution is -0.123. The second kappa shape index (κ2) is 9.98. The van der Waals surface area contributed by atoms with Gasteiger partial charge in [0.15, 0.2) is 0 Å². The van der Waals surface area contributed by atoms with Crippen LogP contribution in [-0.4, -0.2) is 43.0 Å². The predicted octanol–water partition coefficient (Wildman–Crippen LogP) is 5.03. The summed E-state index contributed by atoms with van der Waals surface area (Å²) in [6.07, 6.45) is 0. The molecule has 8 nitrogen and oxygen atoms in total. The van der Waals surface area contributed by atoms with Crippen LogP contribution in [0.2, 0.25) is 10.0 Å². The number of amides is 3. The number of anilines is 1. The molecule has 0 aliphatic carbocycles. The first-order valence-electron chi connectivity index (χ1n) is 11.1. The van der Waals surface area contributed by atoms with Gasteiger partial charge in [-0.1, -0.05) is 45.2 Å². The van der Waals surface area contributed by atoms with Gasteiger partial charge in [0.2, 0.25) is 5.91 Å². The lowest BCUT2D eigenvalue weighted by Gasteiger charge is -2.26. The molecule has 3 aromatic rings. The Kier molecular flexibility index (Phi) is 6.89. The van der Waals surface area contributed by atoms with E-state index in [1.807, 2.05) is 0 Å². The van der Waals surface area contributed by atoms with E-state index >= 15 is 0 Å². The predicted molar refractivity (Wildman–Crippen MR) is 142 cm³/mol. The van der Waals surface area contributed by atoms with Crippen molar-refractivity contribution in [2.75, 3.05) is 19.1 Å². The third-order valence-electron chi connectivity index (χ3n) is 6.45. The van der Waals surface area contributed by atoms with Crippen LogP contribution in [0.3, 0.4) is 0 Å². The zero-order valence-corrected chi connectivity index (χ0v) is 22.7. The SMILES string of the molecule is COc1ccc([C@@H]2NN(C(=O)c3cccc(Br)c3)[C@@H]3C(=O)N(c4ccc(Cl)cc4Cl)C(=O)[C@H]32)c(OC)c1. The number of imide groups is 1. The third-order valence-corrected chi connectivity index (χ3v) is 7.48. The van der Waals surface area contributed by atoms with Gasteiger partial charge in [0.1, 0.15) is 17.5 Å². The minimum Gasteiger partial charge on any atom is -0.497 e. The lowest BCUT2D eigenvalue weighted by atomic mass is 9.90. The molecule has 0 radical (unpaired) electrons. The molecule has 3 aromatic carbocycles. The minimum absolute atomic E-state index is 0.144. The molecular formula is C26H20BrCl2N3O5. The normalized spacial score (nSPS) is 20.8. The first-order valence-corrected chi connectivity index (χ1v) is 12.7. The maximum Gasteiger partial charge on any atom is 0.268 e. The molecule has 1 N–H and O–H groups in total. The second-order valence-electron chi connectivity index (χ2n) is 8.48. The zero-order valence-electron chi connectivity index (χ0n) is 19.6. The highest BCUT2D eigenvalue weighted by Gasteiger charge is 2.61. The summed E-state index contributed by atoms with van der Waals surface area (Å²) in [5.41, 5.74) is 4.25. The Labute approximate surface area is 231 Å². The molecule has 2 aliphatic heterocycles. The van der Waals surface area contributed by atoms with E-state index in [0.717, 1.165) is 4.90 Å². The molecule has 11 heteroatoms. The molecule has 0 aromatic heterocycles. The standard InChI is InChI=1S/C26H20BrCl2N3O5/c1-36-16-7-8-17(20(12-16)37-2)22-21-23(32(30-22)24(33)13-4-3-5-14(27)10-13)26(35)31(25(21)34)19-9-6-15(28)11-18(19)29/h3-12,21-23,30H,1-2H3/t21-,22-,23-/m0/s1. The van der Waals surface area contributed by atoms with Crippen molar-refractivity contribution < 1.29 is 23.9 Å². The molecule has 0 saturated carbocycles. The Balaban J connectivity index is 1.63. The van der Waals surface area contributed by atoms with Crippen molar-refractivity contribution in [3.8, 4) is 11.5 Å². The number of carbonyl (C=O) groups is 3. The van der Waals surface area contributed by atoms with Gasteiger partial charge in [-0.3, -0.25) is 19.4 Å². The molecule has 2 aliphatic rings. The van der Waals surface area contributed by atoms with Crippen LogP contribution in [0.25, 0.3) is 0 Å². The summed E-state index contributed by atoms with van der Waals surface area (Å²) in [4.78, 5) is 42.3. The Hall–Kier alpha value is -3.11. The van der Waals surface area contributed by atoms with Gasteiger partial charge in [-0.15, -0.1) is 0 Å². The van der Waals surface area contributed by atoms with Crippen LogP contribution < -0.4 is 19.8 Å². The van der Waals surface area contributed by atoms with Gasteiger partial charge in [-0.25, -0.2) is 10.3 Å². The summed E-state index contributed by atoms with van der Waals surface area (Å²) in [5, 5.41) is 1.73. The van der Waals surface area contributed by atoms with Crippen LogP contribution in [0.5, 0.6) is 11.5 Å². The molecule has 2 fully saturated rings. The Bertz CT molecular complexity index is 1440. The lowest BCUT2D eigenvalue weighted by Crippen LogP contribution is -2.48. The maximum absolute atomic E-state index is 13.9. The highest BCUT2D eigenvalue weighted by Crippen LogP contribution is 2.46. The molecule has 0 unspecified atom stereocenters. The van der Waals surface area contributed by atoms with Crippen molar-refractivity contribution in [2.45, 2.75) is 12.1 Å². The maximum atomic E-state index is 13.9. The second-order valence-corrected chi connectivity index (χ2v) is 10.2. The number of nitrogens with one attached hydrogen (secondary N) is 1. The molecule has 3 amide bonds. The van der Waals surface area contributed by atoms with E-state index in [1.165, 1.54) is 31.4 Å². The molecule has 0 spiro atoms. The van der Waals surface area contributed by atoms with Gasteiger partial charge in [0, 0.05) is 26.7 Å². The summed E-state index contributed by atoms with van der Waals surface area (Å²) in [7, 11) is 3.03. The third kappa shape index (κ3) is 4.35. The number of hydrogen-bond donors (Lipinski definition) is 1. The topological polar surface area (TPSA) is 88.2 Å². The highest BCUT2D eigenvalue weighted by molar-refractivity contribution is 9.10. The average molecular weight is 605 g/mol. The molecule has 37 heavy (non-hydrogen) atoms. The van der Waals surface area contributed by atoms with Gasteiger partial charge in [-0.2, -0.15) is 0 Å². The molecule has 2 saturated heterocycles. The van der Waals surface area contributed by atoms with Gasteiger partial charge in [0.05, 0.1) is 36.9 Å². The highest BCUT2D eigenvalue weighted by atomic mass is 79.9. The van der Waals surface area contributed by atoms with Gasteiger partial charge in [-0.05, 0) is 48.5 Å². The van der Waals surface area contributed by atoms with Crippen molar-refractivity contribution in [1.29, 1.82) is 0 Å². The van der Waals surface area contributed by atoms with E-state index < -0.39 is 35.7 Å². The van der Waals surface area contributed by atoms with Crippen LogP contribution in [0, 0.1) is 5.92 Å². The quantitative estimate of drug-likeness (QED) is 0.411. The van der Waals surface area contributed by atoms with Crippen LogP contribution in [0.15, 0.2) is 65.1 Å². The minimum atomic E-state index is -1.12. The number of halogens is 3. The van der Waals surface area contributed by atoms with Gasteiger partial charge >= 0.3 is 0 Å². The Morgan fingerprint density at radius 3 is 2.43 bits per heavy atom. The van der Waals surface area contributed by atoms with Crippen LogP contribution in [0.4, 0.5) is 5.69 Å². The van der Waals surface area contributed by atoms with E-state index in [2.05, 4.69) is 21.4 Å². The van der Waals surface area contributed by atoms with Crippen LogP contribution in [-0.2, 0) is 9.59 Å². The van der Waals surface area contributed by atoms with E-state index in [-0.39, 0.29) is 10.7 Å². The fourth-order valence-electron chi connectivity index (χ4n) is 4.77. The van der Waals surface area contributed by atoms with Crippen LogP contribution >= 0.6 is 39.1 Å². The van der Waals surface area contributed by atoms with E-state index in [4.69, 9.17) is 32.7 Å². The Morgan fingerprint density at radius 1 is 0.973 bits per heavy atom. The fraction of sp³-hybridized carbons (Fsp3) is 0.192. The molecular weight excluding hydrogens is 585 g/mol. The van der Waals surface area contributed by atoms with Gasteiger partial charge < -0.3 is 9.47 Å². The molecule has 5 rings (SSSR count). The molecule has 190 valence electrons. The number of benzene rings is 3. The molecule has 2 heterocycles. The number of hydrogen-bond acceptors (Lipinski definition) is 6. The van der Waals surface area contributed by atoms with Crippen molar-refractivity contribution in [3.63, 3.8) is 0 Å². The van der Waals surface area contributed by atoms with Crippen molar-refractivity contribution in [1.82, 2.24) is 10.4 Å².